The van der Waals surface area contributed by atoms with Gasteiger partial charge in [-0.3, -0.25) is 14.6 Å². The molecule has 0 radical (unpaired) electrons. The predicted octanol–water partition coefficient (Wildman–Crippen LogP) is 3.61. The van der Waals surface area contributed by atoms with Crippen molar-refractivity contribution >= 4 is 33.6 Å². The molecule has 0 saturated heterocycles. The molecular formula is C24H19N5O3. The fourth-order valence-electron chi connectivity index (χ4n) is 3.63. The third-order valence-corrected chi connectivity index (χ3v) is 5.31. The molecule has 5 aromatic rings. The van der Waals surface area contributed by atoms with E-state index in [0.29, 0.717) is 22.2 Å². The monoisotopic (exact) mass is 425 g/mol. The number of hydrogen-bond acceptors (Lipinski definition) is 5. The Labute approximate surface area is 182 Å². The van der Waals surface area contributed by atoms with E-state index >= 15 is 0 Å². The zero-order valence-corrected chi connectivity index (χ0v) is 16.9. The average Bonchev–Trinajstić information content (AvgIpc) is 3.53. The van der Waals surface area contributed by atoms with Gasteiger partial charge >= 0.3 is 0 Å². The van der Waals surface area contributed by atoms with Crippen LogP contribution in [-0.4, -0.2) is 33.3 Å². The van der Waals surface area contributed by atoms with E-state index in [4.69, 9.17) is 4.42 Å². The van der Waals surface area contributed by atoms with Crippen LogP contribution in [0.15, 0.2) is 84.2 Å². The third kappa shape index (κ3) is 3.81. The number of pyridine rings is 1. The maximum Gasteiger partial charge on any atom is 0.255 e. The van der Waals surface area contributed by atoms with Crippen molar-refractivity contribution in [2.24, 2.45) is 0 Å². The molecule has 0 bridgehead atoms. The molecular weight excluding hydrogens is 406 g/mol. The summed E-state index contributed by atoms with van der Waals surface area (Å²) >= 11 is 0. The average molecular weight is 425 g/mol. The van der Waals surface area contributed by atoms with Gasteiger partial charge in [0.25, 0.3) is 11.8 Å². The fourth-order valence-corrected chi connectivity index (χ4v) is 3.63. The molecule has 0 aliphatic heterocycles. The highest BCUT2D eigenvalue weighted by atomic mass is 16.3. The minimum atomic E-state index is -0.475. The number of carbonyl (C=O) groups excluding carboxylic acids is 2. The van der Waals surface area contributed by atoms with Crippen molar-refractivity contribution in [1.29, 1.82) is 0 Å². The Morgan fingerprint density at radius 2 is 1.91 bits per heavy atom. The van der Waals surface area contributed by atoms with Crippen LogP contribution >= 0.6 is 0 Å². The summed E-state index contributed by atoms with van der Waals surface area (Å²) in [4.78, 5) is 36.9. The Hall–Kier alpha value is -4.46. The van der Waals surface area contributed by atoms with Crippen molar-refractivity contribution in [3.05, 3.63) is 96.5 Å². The Kier molecular flexibility index (Phi) is 5.09. The standard InChI is InChI=1S/C24H19N5O3/c30-23(18-7-8-32-13-18)26-12-20(17-6-5-15-3-1-2-4-16(15)9-17)29-24(31)19-10-25-11-21-22(19)28-14-27-21/h1-11,13-14,20H,12H2,(H,26,30)(H,27,28)(H,29,31). The SMILES string of the molecule is O=C(NCC(NC(=O)c1cncc2[nH]cnc12)c1ccc2ccccc2c1)c1ccoc1. The number of nitrogens with one attached hydrogen (secondary N) is 3. The molecule has 0 fully saturated rings. The molecule has 2 amide bonds. The second-order valence-electron chi connectivity index (χ2n) is 7.34. The molecule has 1 unspecified atom stereocenters. The first-order valence-corrected chi connectivity index (χ1v) is 10.1. The number of fused-ring (bicyclic) bond motifs is 2. The smallest absolute Gasteiger partial charge is 0.255 e. The predicted molar refractivity (Wildman–Crippen MR) is 119 cm³/mol. The van der Waals surface area contributed by atoms with Gasteiger partial charge in [0.2, 0.25) is 0 Å². The number of H-pyrrole nitrogens is 1. The third-order valence-electron chi connectivity index (χ3n) is 5.31. The minimum absolute atomic E-state index is 0.193. The van der Waals surface area contributed by atoms with Gasteiger partial charge in [-0.25, -0.2) is 4.98 Å². The summed E-state index contributed by atoms with van der Waals surface area (Å²) in [6, 6.07) is 15.0. The van der Waals surface area contributed by atoms with Crippen molar-refractivity contribution in [3.63, 3.8) is 0 Å². The van der Waals surface area contributed by atoms with Crippen molar-refractivity contribution in [3.8, 4) is 0 Å². The fraction of sp³-hybridized carbons (Fsp3) is 0.0833. The van der Waals surface area contributed by atoms with Crippen molar-refractivity contribution in [2.75, 3.05) is 6.54 Å². The molecule has 3 N–H and O–H groups in total. The van der Waals surface area contributed by atoms with E-state index in [-0.39, 0.29) is 18.4 Å². The lowest BCUT2D eigenvalue weighted by molar-refractivity contribution is 0.0909. The summed E-state index contributed by atoms with van der Waals surface area (Å²) < 4.78 is 4.98. The molecule has 8 nitrogen and oxygen atoms in total. The lowest BCUT2D eigenvalue weighted by Crippen LogP contribution is -2.38. The molecule has 0 aliphatic carbocycles. The number of aromatic nitrogens is 3. The van der Waals surface area contributed by atoms with E-state index in [0.717, 1.165) is 16.3 Å². The first-order valence-electron chi connectivity index (χ1n) is 10.1. The summed E-state index contributed by atoms with van der Waals surface area (Å²) in [6.45, 7) is 0.193. The molecule has 0 spiro atoms. The number of rotatable bonds is 6. The van der Waals surface area contributed by atoms with Crippen LogP contribution in [0.1, 0.15) is 32.3 Å². The van der Waals surface area contributed by atoms with Crippen LogP contribution in [-0.2, 0) is 0 Å². The molecule has 158 valence electrons. The molecule has 1 atom stereocenters. The van der Waals surface area contributed by atoms with Crippen LogP contribution in [0, 0.1) is 0 Å². The van der Waals surface area contributed by atoms with E-state index in [9.17, 15) is 9.59 Å². The van der Waals surface area contributed by atoms with Gasteiger partial charge in [0, 0.05) is 12.7 Å². The Morgan fingerprint density at radius 1 is 1.03 bits per heavy atom. The number of amides is 2. The van der Waals surface area contributed by atoms with Gasteiger partial charge in [0.15, 0.2) is 0 Å². The second kappa shape index (κ2) is 8.35. The summed E-state index contributed by atoms with van der Waals surface area (Å²) in [6.07, 6.45) is 7.44. The molecule has 2 aromatic carbocycles. The van der Waals surface area contributed by atoms with Crippen molar-refractivity contribution in [1.82, 2.24) is 25.6 Å². The van der Waals surface area contributed by atoms with Gasteiger partial charge < -0.3 is 20.0 Å². The number of hydrogen-bond donors (Lipinski definition) is 3. The van der Waals surface area contributed by atoms with Crippen LogP contribution < -0.4 is 10.6 Å². The van der Waals surface area contributed by atoms with Gasteiger partial charge in [-0.15, -0.1) is 0 Å². The summed E-state index contributed by atoms with van der Waals surface area (Å²) in [7, 11) is 0. The Balaban J connectivity index is 1.44. The van der Waals surface area contributed by atoms with Crippen LogP contribution in [0.3, 0.4) is 0 Å². The largest absolute Gasteiger partial charge is 0.472 e. The van der Waals surface area contributed by atoms with E-state index in [2.05, 4.69) is 25.6 Å². The van der Waals surface area contributed by atoms with Gasteiger partial charge in [-0.05, 0) is 28.5 Å². The van der Waals surface area contributed by atoms with E-state index in [1.807, 2.05) is 42.5 Å². The van der Waals surface area contributed by atoms with Crippen molar-refractivity contribution in [2.45, 2.75) is 6.04 Å². The molecule has 3 heterocycles. The minimum Gasteiger partial charge on any atom is -0.472 e. The number of nitrogens with zero attached hydrogens (tertiary/aromatic N) is 2. The van der Waals surface area contributed by atoms with Gasteiger partial charge in [0.05, 0.1) is 41.5 Å². The number of benzene rings is 2. The molecule has 0 saturated carbocycles. The second-order valence-corrected chi connectivity index (χ2v) is 7.34. The highest BCUT2D eigenvalue weighted by molar-refractivity contribution is 6.04. The normalized spacial score (nSPS) is 12.0. The maximum atomic E-state index is 13.1. The van der Waals surface area contributed by atoms with Gasteiger partial charge in [-0.1, -0.05) is 36.4 Å². The number of carbonyl (C=O) groups is 2. The maximum absolute atomic E-state index is 13.1. The number of imidazole rings is 1. The molecule has 32 heavy (non-hydrogen) atoms. The molecule has 8 heteroatoms. The number of furan rings is 1. The van der Waals surface area contributed by atoms with Crippen LogP contribution in [0.4, 0.5) is 0 Å². The van der Waals surface area contributed by atoms with Gasteiger partial charge in [-0.2, -0.15) is 0 Å². The Bertz CT molecular complexity index is 1410. The highest BCUT2D eigenvalue weighted by Crippen LogP contribution is 2.22. The Morgan fingerprint density at radius 3 is 2.75 bits per heavy atom. The van der Waals surface area contributed by atoms with E-state index in [1.165, 1.54) is 25.1 Å². The van der Waals surface area contributed by atoms with Crippen LogP contribution in [0.5, 0.6) is 0 Å². The number of aromatic amines is 1. The first kappa shape index (κ1) is 19.5. The topological polar surface area (TPSA) is 113 Å². The molecule has 3 aromatic heterocycles. The summed E-state index contributed by atoms with van der Waals surface area (Å²) in [5.74, 6) is -0.610. The summed E-state index contributed by atoms with van der Waals surface area (Å²) in [5, 5.41) is 8.03. The van der Waals surface area contributed by atoms with E-state index < -0.39 is 6.04 Å². The van der Waals surface area contributed by atoms with Crippen LogP contribution in [0.25, 0.3) is 21.8 Å². The van der Waals surface area contributed by atoms with Crippen molar-refractivity contribution < 1.29 is 14.0 Å². The quantitative estimate of drug-likeness (QED) is 0.385. The molecule has 5 rings (SSSR count). The zero-order valence-electron chi connectivity index (χ0n) is 16.9. The van der Waals surface area contributed by atoms with E-state index in [1.54, 1.807) is 12.3 Å². The van der Waals surface area contributed by atoms with Gasteiger partial charge in [0.1, 0.15) is 11.8 Å². The molecule has 0 aliphatic rings. The van der Waals surface area contributed by atoms with Crippen LogP contribution in [0.2, 0.25) is 0 Å². The summed E-state index contributed by atoms with van der Waals surface area (Å²) in [5.41, 5.74) is 2.85. The zero-order chi connectivity index (χ0) is 21.9. The highest BCUT2D eigenvalue weighted by Gasteiger charge is 2.20. The lowest BCUT2D eigenvalue weighted by atomic mass is 10.0. The first-order chi connectivity index (χ1) is 15.7. The lowest BCUT2D eigenvalue weighted by Gasteiger charge is -2.20.